The zero-order chi connectivity index (χ0) is 12.1. The number of hydrogen-bond donors (Lipinski definition) is 0. The van der Waals surface area contributed by atoms with Gasteiger partial charge in [0.2, 0.25) is 5.88 Å². The summed E-state index contributed by atoms with van der Waals surface area (Å²) in [6, 6.07) is 9.09. The van der Waals surface area contributed by atoms with Crippen LogP contribution >= 0.6 is 15.9 Å². The number of rotatable bonds is 4. The Balaban J connectivity index is 2.08. The Hall–Kier alpha value is -1.62. The largest absolute Gasteiger partial charge is 0.494 e. The van der Waals surface area contributed by atoms with Gasteiger partial charge in [0, 0.05) is 6.07 Å². The molecular formula is C12H11BrN2O2. The summed E-state index contributed by atoms with van der Waals surface area (Å²) in [6.07, 6.45) is 1.44. The molecule has 4 nitrogen and oxygen atoms in total. The molecule has 0 fully saturated rings. The molecule has 0 N–H and O–H groups in total. The van der Waals surface area contributed by atoms with Crippen molar-refractivity contribution >= 4 is 15.9 Å². The van der Waals surface area contributed by atoms with Crippen LogP contribution in [0.15, 0.2) is 41.3 Å². The zero-order valence-electron chi connectivity index (χ0n) is 9.26. The molecule has 88 valence electrons. The van der Waals surface area contributed by atoms with Crippen LogP contribution in [0.1, 0.15) is 6.92 Å². The Morgan fingerprint density at radius 1 is 1.12 bits per heavy atom. The molecule has 2 aromatic rings. The van der Waals surface area contributed by atoms with Crippen LogP contribution in [0.3, 0.4) is 0 Å². The number of hydrogen-bond acceptors (Lipinski definition) is 4. The molecule has 0 atom stereocenters. The van der Waals surface area contributed by atoms with E-state index in [4.69, 9.17) is 9.47 Å². The average Bonchev–Trinajstić information content (AvgIpc) is 2.32. The van der Waals surface area contributed by atoms with E-state index in [1.54, 1.807) is 6.07 Å². The number of aromatic nitrogens is 2. The lowest BCUT2D eigenvalue weighted by Gasteiger charge is -2.06. The third-order valence-electron chi connectivity index (χ3n) is 1.97. The van der Waals surface area contributed by atoms with Gasteiger partial charge in [0.05, 0.1) is 6.61 Å². The van der Waals surface area contributed by atoms with Crippen LogP contribution in [-0.4, -0.2) is 16.6 Å². The second kappa shape index (κ2) is 5.63. The van der Waals surface area contributed by atoms with E-state index >= 15 is 0 Å². The molecule has 0 spiro atoms. The Bertz CT molecular complexity index is 488. The monoisotopic (exact) mass is 294 g/mol. The maximum Gasteiger partial charge on any atom is 0.223 e. The highest BCUT2D eigenvalue weighted by Crippen LogP contribution is 2.23. The van der Waals surface area contributed by atoms with Crippen LogP contribution in [0.5, 0.6) is 17.4 Å². The molecule has 0 saturated heterocycles. The number of ether oxygens (including phenoxy) is 2. The van der Waals surface area contributed by atoms with Crippen molar-refractivity contribution in [3.63, 3.8) is 0 Å². The van der Waals surface area contributed by atoms with Gasteiger partial charge in [0.25, 0.3) is 0 Å². The Morgan fingerprint density at radius 2 is 1.82 bits per heavy atom. The van der Waals surface area contributed by atoms with Crippen molar-refractivity contribution in [1.82, 2.24) is 9.97 Å². The van der Waals surface area contributed by atoms with Gasteiger partial charge in [-0.3, -0.25) is 0 Å². The van der Waals surface area contributed by atoms with Crippen molar-refractivity contribution < 1.29 is 9.47 Å². The first-order valence-corrected chi connectivity index (χ1v) is 5.95. The first-order chi connectivity index (χ1) is 8.28. The van der Waals surface area contributed by atoms with E-state index in [2.05, 4.69) is 25.9 Å². The van der Waals surface area contributed by atoms with Gasteiger partial charge < -0.3 is 9.47 Å². The summed E-state index contributed by atoms with van der Waals surface area (Å²) in [6.45, 7) is 2.60. The predicted molar refractivity (Wildman–Crippen MR) is 67.4 cm³/mol. The number of nitrogens with zero attached hydrogens (tertiary/aromatic N) is 2. The minimum absolute atomic E-state index is 0.496. The fourth-order valence-electron chi connectivity index (χ4n) is 1.26. The van der Waals surface area contributed by atoms with Gasteiger partial charge in [-0.1, -0.05) is 0 Å². The normalized spacial score (nSPS) is 10.0. The Kier molecular flexibility index (Phi) is 3.93. The molecule has 1 aromatic carbocycles. The standard InChI is InChI=1S/C12H11BrN2O2/c1-2-16-9-3-5-10(6-4-9)17-12-7-11(13)14-8-15-12/h3-8H,2H2,1H3. The van der Waals surface area contributed by atoms with E-state index in [1.807, 2.05) is 31.2 Å². The average molecular weight is 295 g/mol. The summed E-state index contributed by atoms with van der Waals surface area (Å²) < 4.78 is 11.6. The maximum atomic E-state index is 5.56. The van der Waals surface area contributed by atoms with Crippen LogP contribution in [-0.2, 0) is 0 Å². The molecular weight excluding hydrogens is 284 g/mol. The molecule has 2 rings (SSSR count). The van der Waals surface area contributed by atoms with Crippen LogP contribution < -0.4 is 9.47 Å². The topological polar surface area (TPSA) is 44.2 Å². The second-order valence-electron chi connectivity index (χ2n) is 3.19. The first-order valence-electron chi connectivity index (χ1n) is 5.16. The molecule has 0 aliphatic carbocycles. The van der Waals surface area contributed by atoms with Crippen molar-refractivity contribution in [2.75, 3.05) is 6.61 Å². The van der Waals surface area contributed by atoms with Gasteiger partial charge in [-0.25, -0.2) is 9.97 Å². The summed E-state index contributed by atoms with van der Waals surface area (Å²) in [4.78, 5) is 7.92. The van der Waals surface area contributed by atoms with E-state index in [-0.39, 0.29) is 0 Å². The minimum atomic E-state index is 0.496. The molecule has 1 heterocycles. The molecule has 0 saturated carbocycles. The Labute approximate surface area is 108 Å². The second-order valence-corrected chi connectivity index (χ2v) is 4.00. The van der Waals surface area contributed by atoms with E-state index in [0.29, 0.717) is 22.8 Å². The molecule has 0 aliphatic rings. The molecule has 0 unspecified atom stereocenters. The van der Waals surface area contributed by atoms with Crippen LogP contribution in [0.2, 0.25) is 0 Å². The smallest absolute Gasteiger partial charge is 0.223 e. The molecule has 0 radical (unpaired) electrons. The SMILES string of the molecule is CCOc1ccc(Oc2cc(Br)ncn2)cc1. The summed E-state index contributed by atoms with van der Waals surface area (Å²) in [5, 5.41) is 0. The van der Waals surface area contributed by atoms with Crippen molar-refractivity contribution in [1.29, 1.82) is 0 Å². The van der Waals surface area contributed by atoms with Gasteiger partial charge in [-0.15, -0.1) is 0 Å². The molecule has 1 aromatic heterocycles. The van der Waals surface area contributed by atoms with Crippen molar-refractivity contribution in [3.05, 3.63) is 41.3 Å². The first kappa shape index (κ1) is 11.9. The van der Waals surface area contributed by atoms with Crippen LogP contribution in [0, 0.1) is 0 Å². The fraction of sp³-hybridized carbons (Fsp3) is 0.167. The maximum absolute atomic E-state index is 5.56. The van der Waals surface area contributed by atoms with Crippen molar-refractivity contribution in [2.24, 2.45) is 0 Å². The Morgan fingerprint density at radius 3 is 2.47 bits per heavy atom. The van der Waals surface area contributed by atoms with E-state index in [0.717, 1.165) is 5.75 Å². The molecule has 17 heavy (non-hydrogen) atoms. The predicted octanol–water partition coefficient (Wildman–Crippen LogP) is 3.43. The molecule has 0 amide bonds. The van der Waals surface area contributed by atoms with Crippen LogP contribution in [0.25, 0.3) is 0 Å². The lowest BCUT2D eigenvalue weighted by molar-refractivity contribution is 0.339. The van der Waals surface area contributed by atoms with Gasteiger partial charge in [-0.2, -0.15) is 0 Å². The van der Waals surface area contributed by atoms with Gasteiger partial charge in [-0.05, 0) is 47.1 Å². The molecule has 0 aliphatic heterocycles. The summed E-state index contributed by atoms with van der Waals surface area (Å²) in [5.74, 6) is 2.03. The van der Waals surface area contributed by atoms with Gasteiger partial charge in [0.15, 0.2) is 0 Å². The highest BCUT2D eigenvalue weighted by atomic mass is 79.9. The van der Waals surface area contributed by atoms with E-state index in [9.17, 15) is 0 Å². The minimum Gasteiger partial charge on any atom is -0.494 e. The number of halogens is 1. The summed E-state index contributed by atoms with van der Waals surface area (Å²) in [7, 11) is 0. The summed E-state index contributed by atoms with van der Waals surface area (Å²) in [5.41, 5.74) is 0. The fourth-order valence-corrected chi connectivity index (χ4v) is 1.55. The lowest BCUT2D eigenvalue weighted by Crippen LogP contribution is -1.92. The van der Waals surface area contributed by atoms with Crippen molar-refractivity contribution in [2.45, 2.75) is 6.92 Å². The van der Waals surface area contributed by atoms with Crippen molar-refractivity contribution in [3.8, 4) is 17.4 Å². The lowest BCUT2D eigenvalue weighted by atomic mass is 10.3. The quantitative estimate of drug-likeness (QED) is 0.811. The van der Waals surface area contributed by atoms with Gasteiger partial charge >= 0.3 is 0 Å². The molecule has 0 bridgehead atoms. The van der Waals surface area contributed by atoms with Crippen LogP contribution in [0.4, 0.5) is 0 Å². The van der Waals surface area contributed by atoms with E-state index < -0.39 is 0 Å². The third kappa shape index (κ3) is 3.42. The third-order valence-corrected chi connectivity index (χ3v) is 2.40. The highest BCUT2D eigenvalue weighted by molar-refractivity contribution is 9.10. The molecule has 5 heteroatoms. The van der Waals surface area contributed by atoms with Gasteiger partial charge in [0.1, 0.15) is 22.4 Å². The number of benzene rings is 1. The summed E-state index contributed by atoms with van der Waals surface area (Å²) >= 11 is 3.26. The van der Waals surface area contributed by atoms with E-state index in [1.165, 1.54) is 6.33 Å². The highest BCUT2D eigenvalue weighted by Gasteiger charge is 2.00. The zero-order valence-corrected chi connectivity index (χ0v) is 10.8.